The first-order valence-corrected chi connectivity index (χ1v) is 30.7. The summed E-state index contributed by atoms with van der Waals surface area (Å²) in [6.07, 6.45) is 12.5. The quantitative estimate of drug-likeness (QED) is 0.0464. The van der Waals surface area contributed by atoms with E-state index >= 15 is 0 Å². The molecule has 5 aromatic carbocycles. The first kappa shape index (κ1) is 58.8. The maximum Gasteiger partial charge on any atom is 0.339 e. The number of para-hydroxylation sites is 1. The van der Waals surface area contributed by atoms with Crippen molar-refractivity contribution < 1.29 is 13.9 Å². The molecule has 1 aliphatic carbocycles. The van der Waals surface area contributed by atoms with Gasteiger partial charge in [-0.05, 0) is 247 Å². The molecule has 0 bridgehead atoms. The van der Waals surface area contributed by atoms with Crippen molar-refractivity contribution in [2.75, 3.05) is 99.1 Å². The van der Waals surface area contributed by atoms with E-state index in [1.165, 1.54) is 56.2 Å². The lowest BCUT2D eigenvalue weighted by Gasteiger charge is -2.28. The molecule has 0 spiro atoms. The van der Waals surface area contributed by atoms with Crippen LogP contribution in [0, 0.1) is 0 Å². The molecule has 0 radical (unpaired) electrons. The van der Waals surface area contributed by atoms with Crippen LogP contribution in [0.3, 0.4) is 0 Å². The molecule has 73 heavy (non-hydrogen) atoms. The SMILES string of the molecule is CCN(CC)c1ccc(C(=C2C=CC(=[N+](CC)CC)C=C2)c2ccc3c(c2)N(CCCN(C)C)c2ccccc2CC3)cc1.CCN(CC)c1ccc(C(=O)c2ccc(N(CC)CC)cc2)cc1.O=P(Cl)(Cl)Cl. The number of allylic oxidation sites excluding steroid dienone is 5. The van der Waals surface area contributed by atoms with Gasteiger partial charge in [-0.2, -0.15) is 0 Å². The molecular weight excluding hydrogens is 986 g/mol. The molecule has 0 atom stereocenters. The molecule has 2 aliphatic rings. The summed E-state index contributed by atoms with van der Waals surface area (Å²) in [4.78, 5) is 24.5. The zero-order chi connectivity index (χ0) is 53.1. The number of carbonyl (C=O) groups excluding carboxylic acids is 1. The summed E-state index contributed by atoms with van der Waals surface area (Å²) in [5.41, 5.74) is 17.0. The highest BCUT2D eigenvalue weighted by molar-refractivity contribution is 8.24. The lowest BCUT2D eigenvalue weighted by atomic mass is 9.89. The Kier molecular flexibility index (Phi) is 23.5. The molecule has 0 aromatic heterocycles. The molecule has 0 saturated heterocycles. The summed E-state index contributed by atoms with van der Waals surface area (Å²) in [6, 6.07) is 41.3. The van der Waals surface area contributed by atoms with Crippen molar-refractivity contribution in [3.05, 3.63) is 179 Å². The van der Waals surface area contributed by atoms with E-state index in [0.29, 0.717) is 0 Å². The summed E-state index contributed by atoms with van der Waals surface area (Å²) in [5.74, 6) is 0.0761. The van der Waals surface area contributed by atoms with Gasteiger partial charge in [-0.25, -0.2) is 4.58 Å². The highest BCUT2D eigenvalue weighted by atomic mass is 36.0. The second-order valence-corrected chi connectivity index (χ2v) is 24.9. The van der Waals surface area contributed by atoms with Crippen LogP contribution in [0.25, 0.3) is 5.57 Å². The number of nitrogens with zero attached hydrogens (tertiary/aromatic N) is 6. The topological polar surface area (TPSA) is 53.4 Å². The molecule has 1 heterocycles. The Labute approximate surface area is 453 Å². The molecule has 0 fully saturated rings. The van der Waals surface area contributed by atoms with E-state index in [9.17, 15) is 9.36 Å². The van der Waals surface area contributed by atoms with Gasteiger partial charge in [-0.3, -0.25) is 9.36 Å². The average molecular weight is 1070 g/mol. The Morgan fingerprint density at radius 2 is 0.959 bits per heavy atom. The minimum atomic E-state index is -3.22. The van der Waals surface area contributed by atoms with E-state index in [0.717, 1.165) is 107 Å². The summed E-state index contributed by atoms with van der Waals surface area (Å²) < 4.78 is 11.9. The monoisotopic (exact) mass is 1060 g/mol. The Hall–Kier alpha value is -5.08. The number of carbonyl (C=O) groups is 1. The molecular formula is C61H79Cl3N6O2P+. The average Bonchev–Trinajstić information content (AvgIpc) is 3.55. The molecule has 8 nitrogen and oxygen atoms in total. The van der Waals surface area contributed by atoms with Crippen LogP contribution in [0.5, 0.6) is 0 Å². The number of hydrogen-bond donors (Lipinski definition) is 0. The summed E-state index contributed by atoms with van der Waals surface area (Å²) in [6.45, 7) is 27.4. The second kappa shape index (κ2) is 29.1. The van der Waals surface area contributed by atoms with Gasteiger partial charge in [0, 0.05) is 97.5 Å². The van der Waals surface area contributed by atoms with Crippen molar-refractivity contribution >= 4 is 84.4 Å². The molecule has 390 valence electrons. The lowest BCUT2D eigenvalue weighted by molar-refractivity contribution is -0.519. The fourth-order valence-electron chi connectivity index (χ4n) is 9.70. The van der Waals surface area contributed by atoms with Crippen molar-refractivity contribution in [3.63, 3.8) is 0 Å². The van der Waals surface area contributed by atoms with E-state index < -0.39 is 5.20 Å². The predicted molar refractivity (Wildman–Crippen MR) is 320 cm³/mol. The van der Waals surface area contributed by atoms with Gasteiger partial charge in [0.25, 0.3) is 0 Å². The summed E-state index contributed by atoms with van der Waals surface area (Å²) >= 11 is 13.8. The molecule has 0 N–H and O–H groups in total. The van der Waals surface area contributed by atoms with E-state index in [-0.39, 0.29) is 5.78 Å². The standard InChI is InChI=1S/C40H51N4.C21H28N2O.Cl3OP/c1-7-42(8-2)36-24-20-33(21-25-36)40(34-22-26-37(27-23-34)43(9-3)10-4)35-19-18-32-17-16-31-14-11-12-15-38(31)44(39(32)30-35)29-13-28-41(5)6;1-5-22(6-2)19-13-9-17(10-14-19)21(24)18-11-15-20(16-12-18)23(7-3)8-4;1-5(2,3)4/h11-12,14-15,18-27,30H,7-10,13,16-17,28-29H2,1-6H3;9-16H,5-8H2,1-4H3;/q+1;;. The van der Waals surface area contributed by atoms with Crippen molar-refractivity contribution in [1.29, 1.82) is 0 Å². The van der Waals surface area contributed by atoms with E-state index in [1.54, 1.807) is 0 Å². The lowest BCUT2D eigenvalue weighted by Crippen LogP contribution is -2.24. The number of halogens is 3. The first-order chi connectivity index (χ1) is 35.1. The van der Waals surface area contributed by atoms with Gasteiger partial charge in [0.2, 0.25) is 0 Å². The molecule has 7 rings (SSSR count). The molecule has 0 unspecified atom stereocenters. The van der Waals surface area contributed by atoms with Crippen molar-refractivity contribution in [2.24, 2.45) is 0 Å². The second-order valence-electron chi connectivity index (χ2n) is 18.3. The minimum Gasteiger partial charge on any atom is -0.372 e. The van der Waals surface area contributed by atoms with Crippen molar-refractivity contribution in [2.45, 2.75) is 74.7 Å². The number of fused-ring (bicyclic) bond motifs is 2. The smallest absolute Gasteiger partial charge is 0.339 e. The van der Waals surface area contributed by atoms with Crippen LogP contribution in [-0.4, -0.2) is 101 Å². The fraction of sp³-hybridized carbons (Fsp3) is 0.377. The van der Waals surface area contributed by atoms with Crippen LogP contribution >= 0.6 is 38.9 Å². The first-order valence-electron chi connectivity index (χ1n) is 26.3. The van der Waals surface area contributed by atoms with Gasteiger partial charge in [-0.15, -0.1) is 0 Å². The van der Waals surface area contributed by atoms with Gasteiger partial charge >= 0.3 is 5.20 Å². The Morgan fingerprint density at radius 1 is 0.548 bits per heavy atom. The molecule has 5 aromatic rings. The highest BCUT2D eigenvalue weighted by Crippen LogP contribution is 2.61. The highest BCUT2D eigenvalue weighted by Gasteiger charge is 2.23. The number of hydrogen-bond acceptors (Lipinski definition) is 7. The van der Waals surface area contributed by atoms with Crippen LogP contribution in [0.15, 0.2) is 145 Å². The summed E-state index contributed by atoms with van der Waals surface area (Å²) in [5, 5.41) is -3.22. The number of ketones is 1. The molecule has 12 heteroatoms. The Morgan fingerprint density at radius 3 is 1.38 bits per heavy atom. The van der Waals surface area contributed by atoms with Crippen LogP contribution in [0.4, 0.5) is 28.4 Å². The Balaban J connectivity index is 0.000000285. The Bertz CT molecular complexity index is 2630. The minimum absolute atomic E-state index is 0.0761. The largest absolute Gasteiger partial charge is 0.372 e. The van der Waals surface area contributed by atoms with Gasteiger partial charge in [-0.1, -0.05) is 42.5 Å². The van der Waals surface area contributed by atoms with Gasteiger partial charge in [0.1, 0.15) is 13.1 Å². The van der Waals surface area contributed by atoms with Gasteiger partial charge in [0.15, 0.2) is 11.5 Å². The third kappa shape index (κ3) is 16.7. The van der Waals surface area contributed by atoms with E-state index in [1.807, 2.05) is 48.5 Å². The van der Waals surface area contributed by atoms with E-state index in [2.05, 4.69) is 223 Å². The third-order valence-corrected chi connectivity index (χ3v) is 13.7. The number of anilines is 5. The van der Waals surface area contributed by atoms with Crippen LogP contribution in [0.1, 0.15) is 100.0 Å². The third-order valence-electron chi connectivity index (χ3n) is 13.7. The van der Waals surface area contributed by atoms with Gasteiger partial charge < -0.3 is 24.5 Å². The zero-order valence-corrected chi connectivity index (χ0v) is 48.2. The van der Waals surface area contributed by atoms with E-state index in [4.69, 9.17) is 0 Å². The molecule has 0 amide bonds. The fourth-order valence-corrected chi connectivity index (χ4v) is 9.70. The molecule has 0 saturated carbocycles. The maximum absolute atomic E-state index is 12.7. The normalized spacial score (nSPS) is 12.7. The number of aryl methyl sites for hydroxylation is 2. The number of benzene rings is 5. The van der Waals surface area contributed by atoms with Crippen molar-refractivity contribution in [1.82, 2.24) is 4.90 Å². The summed E-state index contributed by atoms with van der Waals surface area (Å²) in [7, 11) is 4.33. The maximum atomic E-state index is 12.7. The van der Waals surface area contributed by atoms with Crippen molar-refractivity contribution in [3.8, 4) is 0 Å². The van der Waals surface area contributed by atoms with Crippen LogP contribution in [-0.2, 0) is 17.4 Å². The number of rotatable bonds is 19. The predicted octanol–water partition coefficient (Wildman–Crippen LogP) is 15.6. The van der Waals surface area contributed by atoms with Crippen LogP contribution in [0.2, 0.25) is 0 Å². The van der Waals surface area contributed by atoms with Gasteiger partial charge in [0.05, 0.1) is 0 Å². The zero-order valence-electron chi connectivity index (χ0n) is 45.1. The molecule has 1 aliphatic heterocycles. The van der Waals surface area contributed by atoms with Crippen LogP contribution < -0.4 is 19.6 Å².